The van der Waals surface area contributed by atoms with Crippen LogP contribution < -0.4 is 10.0 Å². The monoisotopic (exact) mass is 444 g/mol. The molecule has 1 aliphatic heterocycles. The molecule has 162 valence electrons. The van der Waals surface area contributed by atoms with Gasteiger partial charge in [-0.3, -0.25) is 4.90 Å². The van der Waals surface area contributed by atoms with Crippen LogP contribution in [0.1, 0.15) is 17.2 Å². The highest BCUT2D eigenvalue weighted by Gasteiger charge is 2.29. The molecule has 2 heterocycles. The van der Waals surface area contributed by atoms with E-state index in [9.17, 15) is 17.2 Å². The van der Waals surface area contributed by atoms with Gasteiger partial charge in [0.15, 0.2) is 0 Å². The van der Waals surface area contributed by atoms with Crippen molar-refractivity contribution in [2.24, 2.45) is 5.14 Å². The summed E-state index contributed by atoms with van der Waals surface area (Å²) >= 11 is 0. The summed E-state index contributed by atoms with van der Waals surface area (Å²) < 4.78 is 50.8. The van der Waals surface area contributed by atoms with Crippen LogP contribution in [0.2, 0.25) is 0 Å². The minimum Gasteiger partial charge on any atom is -0.353 e. The molecule has 6 nitrogen and oxygen atoms in total. The van der Waals surface area contributed by atoms with Gasteiger partial charge in [0.05, 0.1) is 6.04 Å². The second-order valence-electron chi connectivity index (χ2n) is 7.40. The number of sulfonamides is 1. The molecule has 0 spiro atoms. The quantitative estimate of drug-likeness (QED) is 0.655. The Balaban J connectivity index is 1.60. The van der Waals surface area contributed by atoms with E-state index in [1.165, 1.54) is 36.5 Å². The molecule has 0 unspecified atom stereocenters. The average molecular weight is 445 g/mol. The Hall–Kier alpha value is -2.88. The number of anilines is 1. The van der Waals surface area contributed by atoms with E-state index in [1.807, 2.05) is 4.90 Å². The molecule has 0 amide bonds. The van der Waals surface area contributed by atoms with Crippen molar-refractivity contribution in [3.63, 3.8) is 0 Å². The summed E-state index contributed by atoms with van der Waals surface area (Å²) in [6, 6.07) is 15.4. The molecule has 0 saturated carbocycles. The zero-order valence-electron chi connectivity index (χ0n) is 16.7. The van der Waals surface area contributed by atoms with Crippen LogP contribution in [0.25, 0.3) is 0 Å². The van der Waals surface area contributed by atoms with E-state index in [0.29, 0.717) is 32.0 Å². The highest BCUT2D eigenvalue weighted by atomic mass is 32.2. The van der Waals surface area contributed by atoms with E-state index < -0.39 is 10.0 Å². The topological polar surface area (TPSA) is 79.5 Å². The number of rotatable bonds is 5. The SMILES string of the molecule is NS(=O)(=O)c1cccnc1N1CCN(C(c2ccc(F)cc2)c2ccc(F)cc2)CC1. The van der Waals surface area contributed by atoms with Crippen LogP contribution in [-0.2, 0) is 10.0 Å². The summed E-state index contributed by atoms with van der Waals surface area (Å²) in [5.74, 6) is -0.307. The molecule has 1 fully saturated rings. The fourth-order valence-corrected chi connectivity index (χ4v) is 4.64. The van der Waals surface area contributed by atoms with Gasteiger partial charge in [-0.15, -0.1) is 0 Å². The molecular formula is C22H22F2N4O2S. The van der Waals surface area contributed by atoms with Gasteiger partial charge in [-0.2, -0.15) is 0 Å². The number of pyridine rings is 1. The van der Waals surface area contributed by atoms with Gasteiger partial charge >= 0.3 is 0 Å². The normalized spacial score (nSPS) is 15.4. The van der Waals surface area contributed by atoms with Gasteiger partial charge in [0, 0.05) is 32.4 Å². The maximum absolute atomic E-state index is 13.5. The molecule has 2 aromatic carbocycles. The summed E-state index contributed by atoms with van der Waals surface area (Å²) in [6.45, 7) is 2.25. The Morgan fingerprint density at radius 1 is 0.839 bits per heavy atom. The van der Waals surface area contributed by atoms with Crippen LogP contribution in [0.15, 0.2) is 71.8 Å². The van der Waals surface area contributed by atoms with E-state index in [1.54, 1.807) is 30.3 Å². The van der Waals surface area contributed by atoms with Crippen LogP contribution in [0.3, 0.4) is 0 Å². The lowest BCUT2D eigenvalue weighted by atomic mass is 9.96. The van der Waals surface area contributed by atoms with Crippen LogP contribution in [0, 0.1) is 11.6 Å². The van der Waals surface area contributed by atoms with E-state index in [4.69, 9.17) is 5.14 Å². The number of piperazine rings is 1. The highest BCUT2D eigenvalue weighted by molar-refractivity contribution is 7.89. The molecule has 0 aliphatic carbocycles. The van der Waals surface area contributed by atoms with E-state index in [-0.39, 0.29) is 22.6 Å². The van der Waals surface area contributed by atoms with Crippen molar-refractivity contribution in [1.29, 1.82) is 0 Å². The van der Waals surface area contributed by atoms with Crippen molar-refractivity contribution >= 4 is 15.8 Å². The van der Waals surface area contributed by atoms with Gasteiger partial charge in [0.25, 0.3) is 0 Å². The third kappa shape index (κ3) is 4.73. The molecule has 9 heteroatoms. The number of nitrogens with two attached hydrogens (primary N) is 1. The van der Waals surface area contributed by atoms with Gasteiger partial charge in [0.2, 0.25) is 10.0 Å². The first-order valence-electron chi connectivity index (χ1n) is 9.81. The summed E-state index contributed by atoms with van der Waals surface area (Å²) in [4.78, 5) is 8.33. The van der Waals surface area contributed by atoms with Crippen LogP contribution in [-0.4, -0.2) is 44.5 Å². The zero-order chi connectivity index (χ0) is 22.0. The number of nitrogens with zero attached hydrogens (tertiary/aromatic N) is 3. The van der Waals surface area contributed by atoms with Gasteiger partial charge in [-0.05, 0) is 47.5 Å². The standard InChI is InChI=1S/C22H22F2N4O2S/c23-18-7-3-16(4-8-18)21(17-5-9-19(24)10-6-17)27-12-14-28(15-13-27)22-20(31(25,29)30)2-1-11-26-22/h1-11,21H,12-15H2,(H2,25,29,30). The van der Waals surface area contributed by atoms with Gasteiger partial charge in [0.1, 0.15) is 22.3 Å². The fourth-order valence-electron chi connectivity index (χ4n) is 3.94. The number of benzene rings is 2. The van der Waals surface area contributed by atoms with E-state index in [0.717, 1.165) is 11.1 Å². The van der Waals surface area contributed by atoms with Crippen LogP contribution in [0.4, 0.5) is 14.6 Å². The zero-order valence-corrected chi connectivity index (χ0v) is 17.5. The second kappa shape index (κ2) is 8.70. The lowest BCUT2D eigenvalue weighted by Gasteiger charge is -2.40. The Bertz CT molecular complexity index is 1100. The Labute approximate surface area is 180 Å². The van der Waals surface area contributed by atoms with Crippen LogP contribution in [0.5, 0.6) is 0 Å². The maximum Gasteiger partial charge on any atom is 0.241 e. The number of aromatic nitrogens is 1. The average Bonchev–Trinajstić information content (AvgIpc) is 2.76. The minimum atomic E-state index is -3.90. The first-order valence-corrected chi connectivity index (χ1v) is 11.4. The van der Waals surface area contributed by atoms with Gasteiger partial charge in [-0.1, -0.05) is 24.3 Å². The predicted octanol–water partition coefficient (Wildman–Crippen LogP) is 2.92. The van der Waals surface area contributed by atoms with Crippen molar-refractivity contribution in [1.82, 2.24) is 9.88 Å². The minimum absolute atomic E-state index is 0.00271. The summed E-state index contributed by atoms with van der Waals surface area (Å²) in [5.41, 5.74) is 1.79. The first kappa shape index (κ1) is 21.4. The Morgan fingerprint density at radius 3 is 1.84 bits per heavy atom. The molecule has 31 heavy (non-hydrogen) atoms. The molecule has 3 aromatic rings. The molecule has 0 radical (unpaired) electrons. The highest BCUT2D eigenvalue weighted by Crippen LogP contribution is 2.31. The maximum atomic E-state index is 13.5. The Kier molecular flexibility index (Phi) is 5.99. The molecule has 1 aromatic heterocycles. The molecular weight excluding hydrogens is 422 g/mol. The largest absolute Gasteiger partial charge is 0.353 e. The fraction of sp³-hybridized carbons (Fsp3) is 0.227. The van der Waals surface area contributed by atoms with Crippen molar-refractivity contribution in [2.45, 2.75) is 10.9 Å². The van der Waals surface area contributed by atoms with Gasteiger partial charge in [-0.25, -0.2) is 27.3 Å². The summed E-state index contributed by atoms with van der Waals surface area (Å²) in [7, 11) is -3.90. The van der Waals surface area contributed by atoms with E-state index >= 15 is 0 Å². The van der Waals surface area contributed by atoms with Crippen molar-refractivity contribution in [2.75, 3.05) is 31.1 Å². The van der Waals surface area contributed by atoms with Crippen molar-refractivity contribution in [3.8, 4) is 0 Å². The Morgan fingerprint density at radius 2 is 1.35 bits per heavy atom. The molecule has 4 rings (SSSR count). The number of halogens is 2. The van der Waals surface area contributed by atoms with Crippen molar-refractivity contribution in [3.05, 3.63) is 89.6 Å². The van der Waals surface area contributed by atoms with E-state index in [2.05, 4.69) is 9.88 Å². The number of primary sulfonamides is 1. The predicted molar refractivity (Wildman–Crippen MR) is 114 cm³/mol. The smallest absolute Gasteiger partial charge is 0.241 e. The third-order valence-electron chi connectivity index (χ3n) is 5.41. The van der Waals surface area contributed by atoms with Crippen molar-refractivity contribution < 1.29 is 17.2 Å². The number of hydrogen-bond acceptors (Lipinski definition) is 5. The third-order valence-corrected chi connectivity index (χ3v) is 6.34. The molecule has 0 atom stereocenters. The first-order chi connectivity index (χ1) is 14.8. The lowest BCUT2D eigenvalue weighted by Crippen LogP contribution is -2.48. The molecule has 1 saturated heterocycles. The van der Waals surface area contributed by atoms with Crippen LogP contribution >= 0.6 is 0 Å². The lowest BCUT2D eigenvalue weighted by molar-refractivity contribution is 0.211. The molecule has 2 N–H and O–H groups in total. The molecule has 1 aliphatic rings. The molecule has 0 bridgehead atoms. The summed E-state index contributed by atoms with van der Waals surface area (Å²) in [6.07, 6.45) is 1.54. The summed E-state index contributed by atoms with van der Waals surface area (Å²) in [5, 5.41) is 5.35. The van der Waals surface area contributed by atoms with Gasteiger partial charge < -0.3 is 4.90 Å². The number of hydrogen-bond donors (Lipinski definition) is 1. The second-order valence-corrected chi connectivity index (χ2v) is 8.93.